The van der Waals surface area contributed by atoms with Gasteiger partial charge in [-0.1, -0.05) is 39.8 Å². The van der Waals surface area contributed by atoms with Crippen LogP contribution in [0.3, 0.4) is 0 Å². The van der Waals surface area contributed by atoms with Crippen molar-refractivity contribution in [3.8, 4) is 5.75 Å². The van der Waals surface area contributed by atoms with E-state index in [0.717, 1.165) is 42.2 Å². The molecule has 0 radical (unpaired) electrons. The second kappa shape index (κ2) is 9.76. The van der Waals surface area contributed by atoms with Crippen molar-refractivity contribution in [3.63, 3.8) is 0 Å². The SMILES string of the molecule is CC.COc1cc2c(nc1NC(=O)CC(C)(C)C)CCCN2Cc1cc(C)no1. The van der Waals surface area contributed by atoms with Gasteiger partial charge in [0, 0.05) is 25.1 Å². The smallest absolute Gasteiger partial charge is 0.226 e. The zero-order chi connectivity index (χ0) is 21.6. The van der Waals surface area contributed by atoms with Crippen LogP contribution < -0.4 is 15.0 Å². The summed E-state index contributed by atoms with van der Waals surface area (Å²) in [5.74, 6) is 1.82. The first-order chi connectivity index (χ1) is 13.7. The monoisotopic (exact) mass is 402 g/mol. The van der Waals surface area contributed by atoms with Crippen LogP contribution in [0, 0.1) is 12.3 Å². The summed E-state index contributed by atoms with van der Waals surface area (Å²) >= 11 is 0. The number of hydrogen-bond donors (Lipinski definition) is 1. The highest BCUT2D eigenvalue weighted by molar-refractivity contribution is 5.92. The van der Waals surface area contributed by atoms with Gasteiger partial charge in [-0.15, -0.1) is 0 Å². The Balaban J connectivity index is 0.00000145. The number of pyridine rings is 1. The van der Waals surface area contributed by atoms with Gasteiger partial charge in [-0.3, -0.25) is 4.79 Å². The van der Waals surface area contributed by atoms with E-state index in [9.17, 15) is 4.79 Å². The number of carbonyl (C=O) groups excluding carboxylic acids is 1. The van der Waals surface area contributed by atoms with E-state index in [0.29, 0.717) is 24.5 Å². The summed E-state index contributed by atoms with van der Waals surface area (Å²) in [4.78, 5) is 19.3. The third kappa shape index (κ3) is 6.21. The fourth-order valence-corrected chi connectivity index (χ4v) is 3.28. The van der Waals surface area contributed by atoms with Crippen molar-refractivity contribution in [2.75, 3.05) is 23.9 Å². The molecule has 1 aliphatic heterocycles. The second-order valence-electron chi connectivity index (χ2n) is 8.25. The molecule has 29 heavy (non-hydrogen) atoms. The summed E-state index contributed by atoms with van der Waals surface area (Å²) in [6, 6.07) is 3.90. The summed E-state index contributed by atoms with van der Waals surface area (Å²) in [5.41, 5.74) is 2.76. The lowest BCUT2D eigenvalue weighted by Crippen LogP contribution is -2.30. The number of amides is 1. The number of anilines is 2. The number of carbonyl (C=O) groups is 1. The Bertz CT molecular complexity index is 824. The molecule has 7 heteroatoms. The highest BCUT2D eigenvalue weighted by Crippen LogP contribution is 2.35. The molecule has 1 aliphatic rings. The quantitative estimate of drug-likeness (QED) is 0.778. The van der Waals surface area contributed by atoms with E-state index >= 15 is 0 Å². The van der Waals surface area contributed by atoms with Crippen LogP contribution >= 0.6 is 0 Å². The molecule has 1 N–H and O–H groups in total. The highest BCUT2D eigenvalue weighted by Gasteiger charge is 2.24. The van der Waals surface area contributed by atoms with Gasteiger partial charge in [0.25, 0.3) is 0 Å². The fraction of sp³-hybridized carbons (Fsp3) is 0.591. The number of nitrogens with zero attached hydrogens (tertiary/aromatic N) is 3. The number of aryl methyl sites for hydroxylation is 2. The van der Waals surface area contributed by atoms with Crippen molar-refractivity contribution in [1.82, 2.24) is 10.1 Å². The minimum Gasteiger partial charge on any atom is -0.493 e. The predicted molar refractivity (Wildman–Crippen MR) is 115 cm³/mol. The maximum absolute atomic E-state index is 12.3. The fourth-order valence-electron chi connectivity index (χ4n) is 3.28. The summed E-state index contributed by atoms with van der Waals surface area (Å²) in [6.07, 6.45) is 2.29. The van der Waals surface area contributed by atoms with Crippen LogP contribution in [0.5, 0.6) is 5.75 Å². The van der Waals surface area contributed by atoms with Crippen molar-refractivity contribution in [2.24, 2.45) is 5.41 Å². The summed E-state index contributed by atoms with van der Waals surface area (Å²) < 4.78 is 10.9. The largest absolute Gasteiger partial charge is 0.493 e. The third-order valence-electron chi connectivity index (χ3n) is 4.42. The van der Waals surface area contributed by atoms with E-state index in [1.54, 1.807) is 7.11 Å². The standard InChI is InChI=1S/C20H28N4O3.C2H6/c1-13-9-14(27-23-13)12-24-8-6-7-15-16(24)10-17(26-5)19(21-15)22-18(25)11-20(2,3)4;1-2/h9-10H,6-8,11-12H2,1-5H3,(H,21,22,25);1-2H3. The van der Waals surface area contributed by atoms with Crippen molar-refractivity contribution in [3.05, 3.63) is 29.3 Å². The molecule has 0 aromatic carbocycles. The average molecular weight is 403 g/mol. The Labute approximate surface area is 173 Å². The van der Waals surface area contributed by atoms with Crippen LogP contribution in [0.25, 0.3) is 0 Å². The molecule has 160 valence electrons. The molecule has 0 unspecified atom stereocenters. The van der Waals surface area contributed by atoms with Crippen LogP contribution in [0.4, 0.5) is 11.5 Å². The molecule has 0 saturated carbocycles. The van der Waals surface area contributed by atoms with Gasteiger partial charge in [0.05, 0.1) is 30.7 Å². The van der Waals surface area contributed by atoms with Crippen molar-refractivity contribution >= 4 is 17.4 Å². The lowest BCUT2D eigenvalue weighted by molar-refractivity contribution is -0.117. The molecule has 1 amide bonds. The number of nitrogens with one attached hydrogen (secondary N) is 1. The number of ether oxygens (including phenoxy) is 1. The van der Waals surface area contributed by atoms with Gasteiger partial charge in [0.1, 0.15) is 0 Å². The Kier molecular flexibility index (Phi) is 7.65. The van der Waals surface area contributed by atoms with Gasteiger partial charge in [-0.25, -0.2) is 4.98 Å². The van der Waals surface area contributed by atoms with Crippen LogP contribution in [0.2, 0.25) is 0 Å². The Morgan fingerprint density at radius 1 is 1.31 bits per heavy atom. The van der Waals surface area contributed by atoms with Gasteiger partial charge in [0.15, 0.2) is 17.3 Å². The van der Waals surface area contributed by atoms with Crippen LogP contribution in [0.15, 0.2) is 16.7 Å². The molecule has 0 aliphatic carbocycles. The van der Waals surface area contributed by atoms with Gasteiger partial charge < -0.3 is 19.5 Å². The lowest BCUT2D eigenvalue weighted by Gasteiger charge is -2.30. The molecule has 0 spiro atoms. The van der Waals surface area contributed by atoms with Gasteiger partial charge >= 0.3 is 0 Å². The van der Waals surface area contributed by atoms with Crippen LogP contribution in [-0.2, 0) is 17.8 Å². The maximum Gasteiger partial charge on any atom is 0.226 e. The zero-order valence-electron chi connectivity index (χ0n) is 18.8. The number of rotatable bonds is 5. The molecule has 0 fully saturated rings. The Morgan fingerprint density at radius 2 is 2.03 bits per heavy atom. The predicted octanol–water partition coefficient (Wildman–Crippen LogP) is 4.74. The maximum atomic E-state index is 12.3. The van der Waals surface area contributed by atoms with Crippen molar-refractivity contribution in [1.29, 1.82) is 0 Å². The highest BCUT2D eigenvalue weighted by atomic mass is 16.5. The molecular formula is C22H34N4O3. The number of aromatic nitrogens is 2. The van der Waals surface area contributed by atoms with Crippen molar-refractivity contribution in [2.45, 2.75) is 67.3 Å². The Morgan fingerprint density at radius 3 is 2.62 bits per heavy atom. The van der Waals surface area contributed by atoms with E-state index in [-0.39, 0.29) is 11.3 Å². The van der Waals surface area contributed by atoms with Gasteiger partial charge in [-0.05, 0) is 25.2 Å². The lowest BCUT2D eigenvalue weighted by atomic mass is 9.92. The van der Waals surface area contributed by atoms with Crippen LogP contribution in [0.1, 0.15) is 64.6 Å². The normalized spacial score (nSPS) is 13.3. The van der Waals surface area contributed by atoms with Crippen LogP contribution in [-0.4, -0.2) is 29.7 Å². The minimum atomic E-state index is -0.0858. The van der Waals surface area contributed by atoms with E-state index < -0.39 is 0 Å². The number of hydrogen-bond acceptors (Lipinski definition) is 6. The van der Waals surface area contributed by atoms with Gasteiger partial charge in [-0.2, -0.15) is 0 Å². The molecular weight excluding hydrogens is 368 g/mol. The van der Waals surface area contributed by atoms with Crippen molar-refractivity contribution < 1.29 is 14.1 Å². The molecule has 0 saturated heterocycles. The molecule has 2 aromatic rings. The number of methoxy groups -OCH3 is 1. The van der Waals surface area contributed by atoms with E-state index in [2.05, 4.69) is 15.4 Å². The molecule has 0 atom stereocenters. The first-order valence-corrected chi connectivity index (χ1v) is 10.3. The summed E-state index contributed by atoms with van der Waals surface area (Å²) in [7, 11) is 1.59. The van der Waals surface area contributed by atoms with E-state index in [4.69, 9.17) is 14.2 Å². The topological polar surface area (TPSA) is 80.5 Å². The number of fused-ring (bicyclic) bond motifs is 1. The second-order valence-corrected chi connectivity index (χ2v) is 8.25. The molecule has 3 rings (SSSR count). The molecule has 2 aromatic heterocycles. The van der Waals surface area contributed by atoms with E-state index in [1.165, 1.54) is 0 Å². The first-order valence-electron chi connectivity index (χ1n) is 10.3. The summed E-state index contributed by atoms with van der Waals surface area (Å²) in [6.45, 7) is 13.6. The zero-order valence-corrected chi connectivity index (χ0v) is 18.8. The average Bonchev–Trinajstić information content (AvgIpc) is 3.06. The molecule has 3 heterocycles. The molecule has 0 bridgehead atoms. The van der Waals surface area contributed by atoms with Gasteiger partial charge in [0.2, 0.25) is 5.91 Å². The summed E-state index contributed by atoms with van der Waals surface area (Å²) in [5, 5.41) is 6.87. The first kappa shape index (κ1) is 22.7. The molecule has 7 nitrogen and oxygen atoms in total. The third-order valence-corrected chi connectivity index (χ3v) is 4.42. The Hall–Kier alpha value is -2.57. The minimum absolute atomic E-state index is 0.0574. The van der Waals surface area contributed by atoms with E-state index in [1.807, 2.05) is 53.7 Å².